The normalized spacial score (nSPS) is 30.1. The molecule has 0 bridgehead atoms. The van der Waals surface area contributed by atoms with Gasteiger partial charge in [0.05, 0.1) is 35.9 Å². The van der Waals surface area contributed by atoms with Crippen molar-refractivity contribution in [1.82, 2.24) is 4.90 Å². The van der Waals surface area contributed by atoms with Gasteiger partial charge in [-0.3, -0.25) is 24.1 Å². The number of aromatic hydroxyl groups is 1. The van der Waals surface area contributed by atoms with E-state index in [9.17, 15) is 44.7 Å². The van der Waals surface area contributed by atoms with Crippen LogP contribution < -0.4 is 11.1 Å². The molecule has 6 atom stereocenters. The molecule has 1 aromatic rings. The summed E-state index contributed by atoms with van der Waals surface area (Å²) in [4.78, 5) is 52.3. The highest BCUT2D eigenvalue weighted by atomic mass is 16.5. The highest BCUT2D eigenvalue weighted by Gasteiger charge is 2.68. The number of carbonyl (C=O) groups excluding carboxylic acids is 4. The number of benzene rings is 1. The number of hydrogen-bond donors (Lipinski definition) is 7. The van der Waals surface area contributed by atoms with Crippen molar-refractivity contribution >= 4 is 34.9 Å². The fourth-order valence-corrected chi connectivity index (χ4v) is 6.14. The van der Waals surface area contributed by atoms with Gasteiger partial charge in [-0.05, 0) is 38.6 Å². The van der Waals surface area contributed by atoms with E-state index >= 15 is 0 Å². The quantitative estimate of drug-likeness (QED) is 0.136. The zero-order chi connectivity index (χ0) is 29.1. The van der Waals surface area contributed by atoms with Crippen LogP contribution in [0.3, 0.4) is 0 Å². The zero-order valence-corrected chi connectivity index (χ0v) is 21.8. The monoisotopic (exact) mass is 545 g/mol. The number of phenols is 1. The van der Waals surface area contributed by atoms with Crippen LogP contribution in [0, 0.1) is 11.8 Å². The number of nitrogens with two attached hydrogens (primary N) is 1. The summed E-state index contributed by atoms with van der Waals surface area (Å²) in [5, 5.41) is 59.2. The maximum Gasteiger partial charge on any atom is 0.325 e. The first kappa shape index (κ1) is 28.1. The molecule has 0 unspecified atom stereocenters. The van der Waals surface area contributed by atoms with Crippen molar-refractivity contribution < 1.29 is 49.4 Å². The number of hydrogen-bond acceptors (Lipinski definition) is 12. The first-order chi connectivity index (χ1) is 18.2. The van der Waals surface area contributed by atoms with E-state index in [-0.39, 0.29) is 24.4 Å². The second-order valence-electron chi connectivity index (χ2n) is 10.1. The summed E-state index contributed by atoms with van der Waals surface area (Å²) in [6.45, 7) is 3.10. The predicted molar refractivity (Wildman–Crippen MR) is 135 cm³/mol. The van der Waals surface area contributed by atoms with Gasteiger partial charge in [0.25, 0.3) is 5.91 Å². The summed E-state index contributed by atoms with van der Waals surface area (Å²) in [6.07, 6.45) is -1.68. The molecule has 0 aromatic heterocycles. The third kappa shape index (κ3) is 3.87. The van der Waals surface area contributed by atoms with Crippen LogP contribution in [0.25, 0.3) is 5.76 Å². The van der Waals surface area contributed by atoms with Gasteiger partial charge < -0.3 is 41.3 Å². The van der Waals surface area contributed by atoms with Crippen molar-refractivity contribution in [2.45, 2.75) is 37.5 Å². The Bertz CT molecular complexity index is 1350. The van der Waals surface area contributed by atoms with E-state index in [4.69, 9.17) is 10.5 Å². The third-order valence-corrected chi connectivity index (χ3v) is 7.86. The van der Waals surface area contributed by atoms with Gasteiger partial charge >= 0.3 is 5.97 Å². The highest BCUT2D eigenvalue weighted by molar-refractivity contribution is 6.24. The first-order valence-corrected chi connectivity index (χ1v) is 12.3. The summed E-state index contributed by atoms with van der Waals surface area (Å²) in [5.74, 6) is -10.3. The van der Waals surface area contributed by atoms with Crippen LogP contribution in [0.1, 0.15) is 30.9 Å². The van der Waals surface area contributed by atoms with Crippen LogP contribution in [0.4, 0.5) is 5.69 Å². The molecule has 0 aliphatic heterocycles. The Morgan fingerprint density at radius 3 is 2.38 bits per heavy atom. The van der Waals surface area contributed by atoms with Crippen molar-refractivity contribution in [2.24, 2.45) is 17.6 Å². The predicted octanol–water partition coefficient (Wildman–Crippen LogP) is -0.529. The number of ether oxygens (including phenoxy) is 1. The number of amides is 1. The fourth-order valence-electron chi connectivity index (χ4n) is 6.14. The lowest BCUT2D eigenvalue weighted by atomic mass is 9.54. The first-order valence-electron chi connectivity index (χ1n) is 12.3. The molecule has 3 aliphatic carbocycles. The van der Waals surface area contributed by atoms with E-state index in [0.717, 1.165) is 0 Å². The SMILES string of the molecule is CCOC(=O)CNc1ccc2c(c1O)C(O)=C1C(=O)[C@@]3(O)C(O)=C(C(N)=O)C(=O)[C@H](N(C)C)[C@H]3[C@H](O)[C@H]1[C@@H]2C. The van der Waals surface area contributed by atoms with Crippen molar-refractivity contribution in [3.8, 4) is 5.75 Å². The van der Waals surface area contributed by atoms with Crippen LogP contribution in [0.2, 0.25) is 0 Å². The van der Waals surface area contributed by atoms with Gasteiger partial charge in [0.2, 0.25) is 5.78 Å². The number of carbonyl (C=O) groups is 4. The molecule has 0 heterocycles. The standard InChI is InChI=1S/C26H31N3O10/c1-5-39-12(30)8-28-11-7-6-10-9(2)13-15(20(32)14(10)19(11)31)23(35)26(38)17(21(13)33)18(29(3)4)22(34)16(24(26)36)25(27)37/h6-7,9,13,17-18,21,28,31-33,36,38H,5,8H2,1-4H3,(H2,27,37)/t9-,13+,17+,18-,21-,26-/m1/s1. The molecule has 1 fully saturated rings. The molecule has 8 N–H and O–H groups in total. The number of nitrogens with zero attached hydrogens (tertiary/aromatic N) is 1. The summed E-state index contributed by atoms with van der Waals surface area (Å²) in [7, 11) is 2.87. The number of nitrogens with one attached hydrogen (secondary N) is 1. The Morgan fingerprint density at radius 2 is 1.82 bits per heavy atom. The Kier molecular flexibility index (Phi) is 6.96. The molecule has 0 spiro atoms. The van der Waals surface area contributed by atoms with E-state index in [1.807, 2.05) is 0 Å². The number of phenolic OH excluding ortho intramolecular Hbond substituents is 1. The van der Waals surface area contributed by atoms with Crippen molar-refractivity contribution in [1.29, 1.82) is 0 Å². The van der Waals surface area contributed by atoms with Gasteiger partial charge in [0.1, 0.15) is 29.4 Å². The maximum absolute atomic E-state index is 14.0. The molecule has 1 amide bonds. The van der Waals surface area contributed by atoms with Crippen molar-refractivity contribution in [2.75, 3.05) is 32.6 Å². The number of esters is 1. The summed E-state index contributed by atoms with van der Waals surface area (Å²) in [5.41, 5.74) is 1.04. The number of rotatable bonds is 6. The number of primary amides is 1. The third-order valence-electron chi connectivity index (χ3n) is 7.86. The molecule has 39 heavy (non-hydrogen) atoms. The summed E-state index contributed by atoms with van der Waals surface area (Å²) >= 11 is 0. The van der Waals surface area contributed by atoms with Gasteiger partial charge in [0, 0.05) is 11.5 Å². The second kappa shape index (κ2) is 9.67. The Morgan fingerprint density at radius 1 is 1.18 bits per heavy atom. The van der Waals surface area contributed by atoms with Crippen LogP contribution in [0.15, 0.2) is 29.0 Å². The molecule has 1 aromatic carbocycles. The molecule has 0 saturated heterocycles. The lowest BCUT2D eigenvalue weighted by molar-refractivity contribution is -0.169. The van der Waals surface area contributed by atoms with E-state index in [0.29, 0.717) is 5.56 Å². The van der Waals surface area contributed by atoms with Crippen LogP contribution in [0.5, 0.6) is 5.75 Å². The number of aliphatic hydroxyl groups is 4. The van der Waals surface area contributed by atoms with E-state index in [1.54, 1.807) is 13.8 Å². The van der Waals surface area contributed by atoms with Crippen molar-refractivity contribution in [3.05, 3.63) is 40.2 Å². The van der Waals surface area contributed by atoms with Gasteiger partial charge in [-0.25, -0.2) is 0 Å². The number of aliphatic hydroxyl groups excluding tert-OH is 3. The topological polar surface area (TPSA) is 220 Å². The molecular weight excluding hydrogens is 514 g/mol. The number of ketones is 2. The fraction of sp³-hybridized carbons (Fsp3) is 0.462. The van der Waals surface area contributed by atoms with Crippen LogP contribution in [-0.4, -0.2) is 98.9 Å². The lowest BCUT2D eigenvalue weighted by Crippen LogP contribution is -2.70. The molecule has 210 valence electrons. The van der Waals surface area contributed by atoms with Crippen LogP contribution >= 0.6 is 0 Å². The van der Waals surface area contributed by atoms with Crippen molar-refractivity contribution in [3.63, 3.8) is 0 Å². The summed E-state index contributed by atoms with van der Waals surface area (Å²) in [6, 6.07) is 1.57. The largest absolute Gasteiger partial charge is 0.508 e. The molecule has 4 rings (SSSR count). The lowest BCUT2D eigenvalue weighted by Gasteiger charge is -2.53. The van der Waals surface area contributed by atoms with Gasteiger partial charge in [-0.15, -0.1) is 0 Å². The number of fused-ring (bicyclic) bond motifs is 3. The molecular formula is C26H31N3O10. The van der Waals surface area contributed by atoms with E-state index < -0.39 is 87.4 Å². The Balaban J connectivity index is 1.92. The van der Waals surface area contributed by atoms with Gasteiger partial charge in [-0.2, -0.15) is 0 Å². The number of likely N-dealkylation sites (N-methyl/N-ethyl adjacent to an activating group) is 1. The number of anilines is 1. The molecule has 1 saturated carbocycles. The van der Waals surface area contributed by atoms with Crippen LogP contribution in [-0.2, 0) is 23.9 Å². The minimum atomic E-state index is -2.99. The van der Waals surface area contributed by atoms with Gasteiger partial charge in [0.15, 0.2) is 11.4 Å². The Labute approximate surface area is 223 Å². The summed E-state index contributed by atoms with van der Waals surface area (Å²) < 4.78 is 4.85. The molecule has 0 radical (unpaired) electrons. The zero-order valence-electron chi connectivity index (χ0n) is 21.8. The minimum absolute atomic E-state index is 0.0368. The van der Waals surface area contributed by atoms with E-state index in [2.05, 4.69) is 5.32 Å². The smallest absolute Gasteiger partial charge is 0.325 e. The number of Topliss-reactive ketones (excluding diaryl/α,β-unsaturated/α-hetero) is 2. The Hall–Kier alpha value is -3.94. The molecule has 13 heteroatoms. The maximum atomic E-state index is 14.0. The highest BCUT2D eigenvalue weighted by Crippen LogP contribution is 2.56. The van der Waals surface area contributed by atoms with E-state index in [1.165, 1.54) is 31.1 Å². The van der Waals surface area contributed by atoms with Gasteiger partial charge in [-0.1, -0.05) is 13.0 Å². The minimum Gasteiger partial charge on any atom is -0.508 e. The second-order valence-corrected chi connectivity index (χ2v) is 10.1. The molecule has 13 nitrogen and oxygen atoms in total. The average Bonchev–Trinajstić information content (AvgIpc) is 2.85. The molecule has 3 aliphatic rings. The average molecular weight is 546 g/mol.